The van der Waals surface area contributed by atoms with Gasteiger partial charge in [-0.2, -0.15) is 0 Å². The number of fused-ring (bicyclic) bond motifs is 4. The summed E-state index contributed by atoms with van der Waals surface area (Å²) in [4.78, 5) is 23.0. The fourth-order valence-electron chi connectivity index (χ4n) is 7.82. The number of hydrogen-bond donors (Lipinski definition) is 3. The minimum Gasteiger partial charge on any atom is -0.493 e. The molecule has 2 aliphatic heterocycles. The van der Waals surface area contributed by atoms with Gasteiger partial charge in [0.05, 0.1) is 42.3 Å². The Balaban J connectivity index is 0.000000163. The van der Waals surface area contributed by atoms with Gasteiger partial charge in [-0.25, -0.2) is 41.4 Å². The van der Waals surface area contributed by atoms with E-state index < -0.39 is 21.7 Å². The minimum absolute atomic E-state index is 0.0403. The van der Waals surface area contributed by atoms with E-state index in [1.807, 2.05) is 0 Å². The molecule has 0 unspecified atom stereocenters. The van der Waals surface area contributed by atoms with Crippen molar-refractivity contribution < 1.29 is 45.6 Å². The number of H-pyrrole nitrogens is 2. The fraction of sp³-hybridized carbons (Fsp3) is 0.289. The monoisotopic (exact) mass is 894 g/mol. The van der Waals surface area contributed by atoms with Crippen molar-refractivity contribution in [1.82, 2.24) is 39.5 Å². The first-order valence-electron chi connectivity index (χ1n) is 20.6. The van der Waals surface area contributed by atoms with Crippen LogP contribution in [0.25, 0.3) is 43.6 Å². The number of methoxy groups -OCH3 is 2. The van der Waals surface area contributed by atoms with E-state index in [0.29, 0.717) is 92.5 Å². The average molecular weight is 895 g/mol. The number of nitrogens with zero attached hydrogens (tertiary/aromatic N) is 5. The highest BCUT2D eigenvalue weighted by atomic mass is 32.2. The van der Waals surface area contributed by atoms with Crippen molar-refractivity contribution in [3.8, 4) is 46.3 Å². The van der Waals surface area contributed by atoms with E-state index in [1.54, 1.807) is 80.2 Å². The van der Waals surface area contributed by atoms with Gasteiger partial charge in [0, 0.05) is 59.4 Å². The summed E-state index contributed by atoms with van der Waals surface area (Å²) in [5.41, 5.74) is 2.54. The van der Waals surface area contributed by atoms with Crippen LogP contribution in [0.4, 0.5) is 8.78 Å². The molecule has 6 heterocycles. The topological polar surface area (TPSA) is 188 Å². The van der Waals surface area contributed by atoms with E-state index in [9.17, 15) is 17.2 Å². The van der Waals surface area contributed by atoms with Crippen molar-refractivity contribution in [3.05, 3.63) is 97.3 Å². The second-order valence-corrected chi connectivity index (χ2v) is 17.3. The molecule has 0 atom stereocenters. The molecule has 4 aromatic heterocycles. The van der Waals surface area contributed by atoms with Crippen molar-refractivity contribution in [1.29, 1.82) is 0 Å². The normalized spacial score (nSPS) is 15.3. The Morgan fingerprint density at radius 3 is 1.52 bits per heavy atom. The van der Waals surface area contributed by atoms with Crippen LogP contribution in [0.15, 0.2) is 85.7 Å². The van der Waals surface area contributed by atoms with Crippen molar-refractivity contribution in [3.63, 3.8) is 0 Å². The smallest absolute Gasteiger partial charge is 0.230 e. The third-order valence-corrected chi connectivity index (χ3v) is 12.5. The molecular weight excluding hydrogens is 851 g/mol. The lowest BCUT2D eigenvalue weighted by Gasteiger charge is -2.30. The first kappa shape index (κ1) is 42.5. The molecule has 0 spiro atoms. The zero-order chi connectivity index (χ0) is 44.4. The summed E-state index contributed by atoms with van der Waals surface area (Å²) < 4.78 is 89.9. The molecular formula is C45H44F2N8O8S. The van der Waals surface area contributed by atoms with Crippen molar-refractivity contribution >= 4 is 53.6 Å². The van der Waals surface area contributed by atoms with Crippen LogP contribution in [-0.4, -0.2) is 101 Å². The zero-order valence-corrected chi connectivity index (χ0v) is 35.9. The average Bonchev–Trinajstić information content (AvgIpc) is 4.00. The molecule has 0 radical (unpaired) electrons. The Kier molecular flexibility index (Phi) is 12.0. The van der Waals surface area contributed by atoms with Crippen molar-refractivity contribution in [2.24, 2.45) is 0 Å². The lowest BCUT2D eigenvalue weighted by molar-refractivity contribution is 0.131. The van der Waals surface area contributed by atoms with Crippen LogP contribution in [-0.2, 0) is 10.0 Å². The van der Waals surface area contributed by atoms with Crippen LogP contribution < -0.4 is 33.7 Å². The number of sulfonamides is 1. The van der Waals surface area contributed by atoms with Gasteiger partial charge in [0.15, 0.2) is 46.1 Å². The summed E-state index contributed by atoms with van der Waals surface area (Å²) >= 11 is 0. The summed E-state index contributed by atoms with van der Waals surface area (Å²) in [7, 11) is -0.103. The second-order valence-electron chi connectivity index (χ2n) is 15.3. The molecule has 8 aromatic rings. The largest absolute Gasteiger partial charge is 0.493 e. The number of hydrogen-bond acceptors (Lipinski definition) is 13. The van der Waals surface area contributed by atoms with E-state index >= 15 is 0 Å². The maximum Gasteiger partial charge on any atom is 0.230 e. The summed E-state index contributed by atoms with van der Waals surface area (Å²) in [5, 5.41) is 5.35. The third-order valence-electron chi connectivity index (χ3n) is 11.2. The molecule has 0 bridgehead atoms. The van der Waals surface area contributed by atoms with Gasteiger partial charge in [-0.15, -0.1) is 0 Å². The number of halogens is 2. The van der Waals surface area contributed by atoms with Gasteiger partial charge in [-0.1, -0.05) is 0 Å². The first-order valence-corrected chi connectivity index (χ1v) is 22.4. The first-order chi connectivity index (χ1) is 31.1. The van der Waals surface area contributed by atoms with Crippen molar-refractivity contribution in [2.75, 3.05) is 46.7 Å². The summed E-state index contributed by atoms with van der Waals surface area (Å²) in [5.74, 6) is 1.75. The van der Waals surface area contributed by atoms with E-state index in [0.717, 1.165) is 25.9 Å². The van der Waals surface area contributed by atoms with E-state index in [4.69, 9.17) is 28.4 Å². The van der Waals surface area contributed by atoms with Crippen LogP contribution in [0.3, 0.4) is 0 Å². The van der Waals surface area contributed by atoms with Gasteiger partial charge in [0.1, 0.15) is 24.9 Å². The summed E-state index contributed by atoms with van der Waals surface area (Å²) in [6.45, 7) is 2.60. The predicted octanol–water partition coefficient (Wildman–Crippen LogP) is 8.04. The van der Waals surface area contributed by atoms with Gasteiger partial charge < -0.3 is 43.7 Å². The summed E-state index contributed by atoms with van der Waals surface area (Å²) in [6.07, 6.45) is 10.1. The van der Waals surface area contributed by atoms with Crippen LogP contribution in [0.5, 0.6) is 46.3 Å². The maximum atomic E-state index is 14.9. The highest BCUT2D eigenvalue weighted by Crippen LogP contribution is 2.40. The van der Waals surface area contributed by atoms with Crippen LogP contribution in [0.2, 0.25) is 0 Å². The SMILES string of the molecule is COc1cc2ncnc(Oc3ccc4[nH]ccc4c3F)c2cc1OC1CCN(S(C)(=O)=O)CC1.COc1cc2ncnc(Oc3ccc4[nH]ccc4c3F)c2cc1OC1CCNCC1. The molecule has 10 rings (SSSR count). The number of benzene rings is 4. The molecule has 332 valence electrons. The Labute approximate surface area is 365 Å². The number of rotatable bonds is 11. The predicted molar refractivity (Wildman–Crippen MR) is 235 cm³/mol. The number of aromatic amines is 2. The van der Waals surface area contributed by atoms with E-state index in [2.05, 4.69) is 35.2 Å². The van der Waals surface area contributed by atoms with Gasteiger partial charge in [0.25, 0.3) is 0 Å². The van der Waals surface area contributed by atoms with Gasteiger partial charge >= 0.3 is 0 Å². The molecule has 64 heavy (non-hydrogen) atoms. The molecule has 2 aliphatic rings. The Morgan fingerprint density at radius 2 is 1.06 bits per heavy atom. The molecule has 16 nitrogen and oxygen atoms in total. The number of nitrogens with one attached hydrogen (secondary N) is 3. The van der Waals surface area contributed by atoms with E-state index in [-0.39, 0.29) is 35.5 Å². The number of aromatic nitrogens is 6. The lowest BCUT2D eigenvalue weighted by Crippen LogP contribution is -2.41. The van der Waals surface area contributed by atoms with Crippen molar-refractivity contribution in [2.45, 2.75) is 37.9 Å². The highest BCUT2D eigenvalue weighted by Gasteiger charge is 2.27. The van der Waals surface area contributed by atoms with Gasteiger partial charge in [0.2, 0.25) is 21.8 Å². The molecule has 3 N–H and O–H groups in total. The molecule has 2 fully saturated rings. The van der Waals surface area contributed by atoms with Crippen LogP contribution in [0.1, 0.15) is 25.7 Å². The molecule has 0 amide bonds. The third kappa shape index (κ3) is 8.86. The molecule has 4 aromatic carbocycles. The Hall–Kier alpha value is -6.83. The second kappa shape index (κ2) is 18.1. The summed E-state index contributed by atoms with van der Waals surface area (Å²) in [6, 6.07) is 16.9. The number of ether oxygens (including phenoxy) is 6. The minimum atomic E-state index is -3.23. The van der Waals surface area contributed by atoms with Crippen LogP contribution in [0, 0.1) is 11.6 Å². The zero-order valence-electron chi connectivity index (χ0n) is 35.1. The molecule has 0 saturated carbocycles. The molecule has 19 heteroatoms. The fourth-order valence-corrected chi connectivity index (χ4v) is 8.69. The molecule has 0 aliphatic carbocycles. The van der Waals surface area contributed by atoms with Gasteiger partial charge in [-0.05, 0) is 87.3 Å². The number of piperidine rings is 2. The van der Waals surface area contributed by atoms with E-state index in [1.165, 1.54) is 30.3 Å². The highest BCUT2D eigenvalue weighted by molar-refractivity contribution is 7.88. The van der Waals surface area contributed by atoms with Crippen LogP contribution >= 0.6 is 0 Å². The Morgan fingerprint density at radius 1 is 0.594 bits per heavy atom. The Bertz CT molecular complexity index is 3080. The molecule has 2 saturated heterocycles. The lowest BCUT2D eigenvalue weighted by atomic mass is 10.1. The standard InChI is InChI=1S/C23H23FN4O5S.C22H21FN4O3/c1-31-20-12-18-16(11-21(20)32-14-6-9-28(10-7-14)34(2,29)30)23(27-13-26-18)33-19-4-3-17-15(22(19)24)5-8-25-17;1-28-19-11-17-15(10-20(19)29-13-4-7-24-8-5-13)22(27-12-26-17)30-18-3-2-16-14(21(18)23)6-9-25-16/h3-5,8,11-14,25H,6-7,9-10H2,1-2H3;2-3,6,9-13,24-25H,4-5,7-8H2,1H3. The maximum absolute atomic E-state index is 14.9. The van der Waals surface area contributed by atoms with Gasteiger partial charge in [-0.3, -0.25) is 0 Å². The quantitative estimate of drug-likeness (QED) is 0.113.